The van der Waals surface area contributed by atoms with Crippen LogP contribution in [0.4, 0.5) is 0 Å². The van der Waals surface area contributed by atoms with Crippen LogP contribution in [0.2, 0.25) is 0 Å². The van der Waals surface area contributed by atoms with Crippen LogP contribution >= 0.6 is 0 Å². The van der Waals surface area contributed by atoms with E-state index in [0.29, 0.717) is 0 Å². The number of aromatic nitrogens is 2. The molecule has 0 unspecified atom stereocenters. The maximum Gasteiger partial charge on any atom is 0.0541 e. The van der Waals surface area contributed by atoms with E-state index in [1.165, 1.54) is 66.0 Å². The average molecular weight is 485 g/mol. The topological polar surface area (TPSA) is 20.7 Å². The van der Waals surface area contributed by atoms with Gasteiger partial charge in [0.05, 0.1) is 11.0 Å². The summed E-state index contributed by atoms with van der Waals surface area (Å²) in [6.07, 6.45) is 0. The van der Waals surface area contributed by atoms with E-state index in [-0.39, 0.29) is 0 Å². The Balaban J connectivity index is 1.23. The van der Waals surface area contributed by atoms with Crippen LogP contribution in [0.15, 0.2) is 140 Å². The third-order valence-corrected chi connectivity index (χ3v) is 7.74. The summed E-state index contributed by atoms with van der Waals surface area (Å²) in [5.74, 6) is 0. The fourth-order valence-electron chi connectivity index (χ4n) is 5.89. The molecule has 0 saturated carbocycles. The van der Waals surface area contributed by atoms with Crippen molar-refractivity contribution >= 4 is 43.6 Å². The molecule has 0 spiro atoms. The number of rotatable bonds is 3. The van der Waals surface area contributed by atoms with Crippen molar-refractivity contribution in [3.8, 4) is 27.9 Å². The molecule has 178 valence electrons. The lowest BCUT2D eigenvalue weighted by Gasteiger charge is -2.09. The van der Waals surface area contributed by atoms with Gasteiger partial charge in [-0.2, -0.15) is 0 Å². The number of nitrogens with zero attached hydrogens (tertiary/aromatic N) is 1. The number of benzene rings is 6. The zero-order chi connectivity index (χ0) is 25.1. The second kappa shape index (κ2) is 8.22. The fourth-order valence-corrected chi connectivity index (χ4v) is 5.89. The molecule has 0 saturated heterocycles. The predicted molar refractivity (Wildman–Crippen MR) is 161 cm³/mol. The molecule has 0 radical (unpaired) electrons. The van der Waals surface area contributed by atoms with Crippen molar-refractivity contribution in [2.45, 2.75) is 0 Å². The lowest BCUT2D eigenvalue weighted by Crippen LogP contribution is -1.93. The van der Waals surface area contributed by atoms with Gasteiger partial charge in [0.2, 0.25) is 0 Å². The van der Waals surface area contributed by atoms with E-state index in [1.54, 1.807) is 0 Å². The van der Waals surface area contributed by atoms with Crippen molar-refractivity contribution in [1.82, 2.24) is 9.55 Å². The van der Waals surface area contributed by atoms with Gasteiger partial charge in [0.15, 0.2) is 0 Å². The Bertz CT molecular complexity index is 2060. The highest BCUT2D eigenvalue weighted by atomic mass is 15.0. The van der Waals surface area contributed by atoms with Crippen LogP contribution in [-0.4, -0.2) is 9.55 Å². The highest BCUT2D eigenvalue weighted by Crippen LogP contribution is 2.35. The second-order valence-corrected chi connectivity index (χ2v) is 9.93. The Morgan fingerprint density at radius 2 is 0.842 bits per heavy atom. The van der Waals surface area contributed by atoms with Gasteiger partial charge in [-0.15, -0.1) is 0 Å². The highest BCUT2D eigenvalue weighted by Gasteiger charge is 2.12. The molecular weight excluding hydrogens is 460 g/mol. The Labute approximate surface area is 220 Å². The summed E-state index contributed by atoms with van der Waals surface area (Å²) in [7, 11) is 0. The molecule has 0 aliphatic rings. The van der Waals surface area contributed by atoms with Gasteiger partial charge in [-0.1, -0.05) is 91.0 Å². The molecule has 8 aromatic rings. The van der Waals surface area contributed by atoms with Crippen LogP contribution in [0, 0.1) is 0 Å². The van der Waals surface area contributed by atoms with Crippen LogP contribution in [0.1, 0.15) is 0 Å². The summed E-state index contributed by atoms with van der Waals surface area (Å²) >= 11 is 0. The van der Waals surface area contributed by atoms with E-state index >= 15 is 0 Å². The van der Waals surface area contributed by atoms with E-state index < -0.39 is 0 Å². The first kappa shape index (κ1) is 21.0. The van der Waals surface area contributed by atoms with Crippen molar-refractivity contribution in [2.75, 3.05) is 0 Å². The number of aromatic amines is 1. The summed E-state index contributed by atoms with van der Waals surface area (Å²) in [6.45, 7) is 0. The summed E-state index contributed by atoms with van der Waals surface area (Å²) in [4.78, 5) is 3.59. The molecule has 2 heteroatoms. The number of para-hydroxylation sites is 2. The van der Waals surface area contributed by atoms with Gasteiger partial charge < -0.3 is 9.55 Å². The third kappa shape index (κ3) is 3.21. The standard InChI is InChI=1S/C36H24N2/c1-2-8-24(9-3-1)26-16-20-33-31(22-26)32-23-27(17-21-34(32)37-33)25-14-18-28(19-15-25)38-35-12-6-4-10-29(35)30-11-5-7-13-36(30)38/h1-23,37H. The molecule has 8 rings (SSSR count). The average Bonchev–Trinajstić information content (AvgIpc) is 3.53. The summed E-state index contributed by atoms with van der Waals surface area (Å²) in [6, 6.07) is 50.3. The van der Waals surface area contributed by atoms with Crippen LogP contribution in [-0.2, 0) is 0 Å². The predicted octanol–water partition coefficient (Wildman–Crippen LogP) is 9.75. The summed E-state index contributed by atoms with van der Waals surface area (Å²) in [5, 5.41) is 5.07. The molecule has 38 heavy (non-hydrogen) atoms. The quantitative estimate of drug-likeness (QED) is 0.258. The van der Waals surface area contributed by atoms with Crippen LogP contribution in [0.3, 0.4) is 0 Å². The van der Waals surface area contributed by atoms with E-state index in [2.05, 4.69) is 149 Å². The molecule has 0 aliphatic heterocycles. The lowest BCUT2D eigenvalue weighted by atomic mass is 10.00. The molecule has 2 nitrogen and oxygen atoms in total. The normalized spacial score (nSPS) is 11.7. The van der Waals surface area contributed by atoms with Gasteiger partial charge in [0.25, 0.3) is 0 Å². The molecular formula is C36H24N2. The summed E-state index contributed by atoms with van der Waals surface area (Å²) < 4.78 is 2.36. The smallest absolute Gasteiger partial charge is 0.0541 e. The van der Waals surface area contributed by atoms with Gasteiger partial charge in [-0.3, -0.25) is 0 Å². The molecule has 0 bridgehead atoms. The Kier molecular flexibility index (Phi) is 4.55. The van der Waals surface area contributed by atoms with Gasteiger partial charge in [-0.25, -0.2) is 0 Å². The van der Waals surface area contributed by atoms with Gasteiger partial charge >= 0.3 is 0 Å². The minimum Gasteiger partial charge on any atom is -0.355 e. The first-order valence-electron chi connectivity index (χ1n) is 13.0. The van der Waals surface area contributed by atoms with E-state index in [0.717, 1.165) is 5.52 Å². The zero-order valence-corrected chi connectivity index (χ0v) is 20.7. The minimum atomic E-state index is 1.16. The Hall–Kier alpha value is -5.08. The Morgan fingerprint density at radius 3 is 1.42 bits per heavy atom. The SMILES string of the molecule is c1ccc(-c2ccc3[nH]c4ccc(-c5ccc(-n6c7ccccc7c7ccccc76)cc5)cc4c3c2)cc1. The van der Waals surface area contributed by atoms with Crippen LogP contribution in [0.25, 0.3) is 71.6 Å². The first-order valence-corrected chi connectivity index (χ1v) is 13.0. The number of hydrogen-bond acceptors (Lipinski definition) is 0. The number of fused-ring (bicyclic) bond motifs is 6. The van der Waals surface area contributed by atoms with Crippen molar-refractivity contribution in [1.29, 1.82) is 0 Å². The fraction of sp³-hybridized carbons (Fsp3) is 0. The van der Waals surface area contributed by atoms with Crippen molar-refractivity contribution < 1.29 is 0 Å². The minimum absolute atomic E-state index is 1.16. The van der Waals surface area contributed by atoms with E-state index in [1.807, 2.05) is 0 Å². The highest BCUT2D eigenvalue weighted by molar-refractivity contribution is 6.10. The maximum atomic E-state index is 3.59. The maximum absolute atomic E-state index is 3.59. The monoisotopic (exact) mass is 484 g/mol. The number of H-pyrrole nitrogens is 1. The summed E-state index contributed by atoms with van der Waals surface area (Å²) in [5.41, 5.74) is 10.9. The lowest BCUT2D eigenvalue weighted by molar-refractivity contribution is 1.18. The molecule has 2 heterocycles. The van der Waals surface area contributed by atoms with Crippen LogP contribution in [0.5, 0.6) is 0 Å². The molecule has 6 aromatic carbocycles. The second-order valence-electron chi connectivity index (χ2n) is 9.93. The van der Waals surface area contributed by atoms with Crippen molar-refractivity contribution in [2.24, 2.45) is 0 Å². The first-order chi connectivity index (χ1) is 18.8. The molecule has 0 aliphatic carbocycles. The third-order valence-electron chi connectivity index (χ3n) is 7.74. The molecule has 2 aromatic heterocycles. The van der Waals surface area contributed by atoms with Crippen LogP contribution < -0.4 is 0 Å². The van der Waals surface area contributed by atoms with E-state index in [9.17, 15) is 0 Å². The van der Waals surface area contributed by atoms with Gasteiger partial charge in [0, 0.05) is 38.3 Å². The molecule has 0 atom stereocenters. The zero-order valence-electron chi connectivity index (χ0n) is 20.7. The van der Waals surface area contributed by atoms with Gasteiger partial charge in [-0.05, 0) is 70.8 Å². The van der Waals surface area contributed by atoms with Crippen molar-refractivity contribution in [3.63, 3.8) is 0 Å². The molecule has 1 N–H and O–H groups in total. The molecule has 0 amide bonds. The van der Waals surface area contributed by atoms with E-state index in [4.69, 9.17) is 0 Å². The largest absolute Gasteiger partial charge is 0.355 e. The van der Waals surface area contributed by atoms with Crippen molar-refractivity contribution in [3.05, 3.63) is 140 Å². The number of hydrogen-bond donors (Lipinski definition) is 1. The molecule has 0 fully saturated rings. The van der Waals surface area contributed by atoms with Gasteiger partial charge in [0.1, 0.15) is 0 Å². The Morgan fingerprint density at radius 1 is 0.368 bits per heavy atom. The number of nitrogens with one attached hydrogen (secondary N) is 1.